The molecule has 0 spiro atoms. The molecule has 0 aliphatic heterocycles. The van der Waals surface area contributed by atoms with Crippen molar-refractivity contribution >= 4 is 10.9 Å². The normalized spacial score (nSPS) is 11.1. The standard InChI is InChI=1S/C16H16N2O/c1-11-8-14(10-19)12(2)18(11)15-5-6-16-13(9-15)4-3-7-17-16/h3-9,19H,10H2,1-2H3. The molecule has 3 heteroatoms. The van der Waals surface area contributed by atoms with Gasteiger partial charge in [-0.2, -0.15) is 0 Å². The van der Waals surface area contributed by atoms with Crippen LogP contribution in [0.2, 0.25) is 0 Å². The first-order valence-electron chi connectivity index (χ1n) is 6.34. The maximum Gasteiger partial charge on any atom is 0.0703 e. The molecule has 1 aromatic carbocycles. The van der Waals surface area contributed by atoms with Gasteiger partial charge in [0.25, 0.3) is 0 Å². The zero-order chi connectivity index (χ0) is 13.4. The Kier molecular flexibility index (Phi) is 2.84. The van der Waals surface area contributed by atoms with E-state index >= 15 is 0 Å². The van der Waals surface area contributed by atoms with Crippen molar-refractivity contribution in [2.45, 2.75) is 20.5 Å². The van der Waals surface area contributed by atoms with Crippen LogP contribution in [-0.2, 0) is 6.61 Å². The molecule has 0 aliphatic rings. The summed E-state index contributed by atoms with van der Waals surface area (Å²) in [6.07, 6.45) is 1.80. The molecule has 0 saturated heterocycles. The topological polar surface area (TPSA) is 38.0 Å². The highest BCUT2D eigenvalue weighted by molar-refractivity contribution is 5.80. The van der Waals surface area contributed by atoms with E-state index in [-0.39, 0.29) is 6.61 Å². The lowest BCUT2D eigenvalue weighted by Crippen LogP contribution is -1.99. The Labute approximate surface area is 112 Å². The predicted octanol–water partition coefficient (Wildman–Crippen LogP) is 3.13. The smallest absolute Gasteiger partial charge is 0.0703 e. The fourth-order valence-electron chi connectivity index (χ4n) is 2.59. The molecule has 0 fully saturated rings. The fraction of sp³-hybridized carbons (Fsp3) is 0.188. The average Bonchev–Trinajstić information content (AvgIpc) is 2.73. The lowest BCUT2D eigenvalue weighted by molar-refractivity contribution is 0.281. The number of pyridine rings is 1. The third-order valence-corrected chi connectivity index (χ3v) is 3.55. The van der Waals surface area contributed by atoms with Crippen LogP contribution in [-0.4, -0.2) is 14.7 Å². The van der Waals surface area contributed by atoms with Gasteiger partial charge in [0.05, 0.1) is 12.1 Å². The van der Waals surface area contributed by atoms with Gasteiger partial charge in [0, 0.05) is 28.7 Å². The van der Waals surface area contributed by atoms with E-state index in [4.69, 9.17) is 0 Å². The molecule has 3 aromatic rings. The van der Waals surface area contributed by atoms with Crippen molar-refractivity contribution in [1.29, 1.82) is 0 Å². The van der Waals surface area contributed by atoms with Gasteiger partial charge in [-0.15, -0.1) is 0 Å². The zero-order valence-electron chi connectivity index (χ0n) is 11.1. The number of aryl methyl sites for hydroxylation is 1. The average molecular weight is 252 g/mol. The van der Waals surface area contributed by atoms with Crippen molar-refractivity contribution in [3.63, 3.8) is 0 Å². The van der Waals surface area contributed by atoms with Crippen LogP contribution in [0.4, 0.5) is 0 Å². The first-order valence-corrected chi connectivity index (χ1v) is 6.34. The first kappa shape index (κ1) is 11.9. The van der Waals surface area contributed by atoms with Crippen LogP contribution in [0, 0.1) is 13.8 Å². The molecule has 0 aliphatic carbocycles. The number of aromatic nitrogens is 2. The molecule has 1 N–H and O–H groups in total. The van der Waals surface area contributed by atoms with Crippen LogP contribution in [0.1, 0.15) is 17.0 Å². The van der Waals surface area contributed by atoms with Gasteiger partial charge in [-0.3, -0.25) is 4.98 Å². The van der Waals surface area contributed by atoms with Crippen molar-refractivity contribution in [1.82, 2.24) is 9.55 Å². The molecule has 96 valence electrons. The summed E-state index contributed by atoms with van der Waals surface area (Å²) in [5.41, 5.74) is 5.29. The minimum absolute atomic E-state index is 0.0782. The molecule has 0 atom stereocenters. The third kappa shape index (κ3) is 1.92. The van der Waals surface area contributed by atoms with Gasteiger partial charge in [-0.05, 0) is 49.7 Å². The second-order valence-corrected chi connectivity index (χ2v) is 4.77. The SMILES string of the molecule is Cc1cc(CO)c(C)n1-c1ccc2ncccc2c1. The molecule has 3 rings (SSSR count). The van der Waals surface area contributed by atoms with E-state index in [9.17, 15) is 5.11 Å². The van der Waals surface area contributed by atoms with E-state index < -0.39 is 0 Å². The number of hydrogen-bond acceptors (Lipinski definition) is 2. The molecule has 2 aromatic heterocycles. The molecular weight excluding hydrogens is 236 g/mol. The van der Waals surface area contributed by atoms with Crippen LogP contribution in [0.3, 0.4) is 0 Å². The molecule has 0 amide bonds. The first-order chi connectivity index (χ1) is 9.20. The number of hydrogen-bond donors (Lipinski definition) is 1. The summed E-state index contributed by atoms with van der Waals surface area (Å²) in [5, 5.41) is 10.5. The van der Waals surface area contributed by atoms with E-state index in [1.54, 1.807) is 6.20 Å². The molecule has 0 radical (unpaired) electrons. The second-order valence-electron chi connectivity index (χ2n) is 4.77. The van der Waals surface area contributed by atoms with Crippen LogP contribution in [0.15, 0.2) is 42.6 Å². The van der Waals surface area contributed by atoms with Gasteiger partial charge < -0.3 is 9.67 Å². The molecule has 19 heavy (non-hydrogen) atoms. The summed E-state index contributed by atoms with van der Waals surface area (Å²) in [4.78, 5) is 4.33. The van der Waals surface area contributed by atoms with Crippen molar-refractivity contribution in [3.05, 3.63) is 59.5 Å². The summed E-state index contributed by atoms with van der Waals surface area (Å²) in [6.45, 7) is 4.17. The van der Waals surface area contributed by atoms with E-state index in [1.165, 1.54) is 0 Å². The highest BCUT2D eigenvalue weighted by Gasteiger charge is 2.10. The van der Waals surface area contributed by atoms with Crippen LogP contribution < -0.4 is 0 Å². The van der Waals surface area contributed by atoms with Gasteiger partial charge in [-0.1, -0.05) is 6.07 Å². The summed E-state index contributed by atoms with van der Waals surface area (Å²) in [7, 11) is 0. The van der Waals surface area contributed by atoms with Crippen LogP contribution in [0.5, 0.6) is 0 Å². The summed E-state index contributed by atoms with van der Waals surface area (Å²) in [6, 6.07) is 12.3. The molecule has 0 unspecified atom stereocenters. The Morgan fingerprint density at radius 3 is 2.74 bits per heavy atom. The molecular formula is C16H16N2O. The van der Waals surface area contributed by atoms with Gasteiger partial charge in [0.15, 0.2) is 0 Å². The van der Waals surface area contributed by atoms with E-state index in [2.05, 4.69) is 34.7 Å². The van der Waals surface area contributed by atoms with Gasteiger partial charge in [0.2, 0.25) is 0 Å². The van der Waals surface area contributed by atoms with Crippen LogP contribution >= 0.6 is 0 Å². The third-order valence-electron chi connectivity index (χ3n) is 3.55. The number of nitrogens with zero attached hydrogens (tertiary/aromatic N) is 2. The Bertz CT molecular complexity index is 744. The zero-order valence-corrected chi connectivity index (χ0v) is 11.1. The number of aliphatic hydroxyl groups is 1. The minimum atomic E-state index is 0.0782. The second kappa shape index (κ2) is 4.52. The summed E-state index contributed by atoms with van der Waals surface area (Å²) in [5.74, 6) is 0. The maximum atomic E-state index is 9.35. The monoisotopic (exact) mass is 252 g/mol. The number of fused-ring (bicyclic) bond motifs is 1. The minimum Gasteiger partial charge on any atom is -0.392 e. The van der Waals surface area contributed by atoms with E-state index in [1.807, 2.05) is 25.1 Å². The van der Waals surface area contributed by atoms with Crippen molar-refractivity contribution < 1.29 is 5.11 Å². The Hall–Kier alpha value is -2.13. The quantitative estimate of drug-likeness (QED) is 0.761. The molecule has 0 bridgehead atoms. The van der Waals surface area contributed by atoms with Gasteiger partial charge >= 0.3 is 0 Å². The molecule has 2 heterocycles. The maximum absolute atomic E-state index is 9.35. The van der Waals surface area contributed by atoms with Crippen LogP contribution in [0.25, 0.3) is 16.6 Å². The Morgan fingerprint density at radius 1 is 1.16 bits per heavy atom. The number of aliphatic hydroxyl groups excluding tert-OH is 1. The number of benzene rings is 1. The molecule has 3 nitrogen and oxygen atoms in total. The predicted molar refractivity (Wildman–Crippen MR) is 76.5 cm³/mol. The van der Waals surface area contributed by atoms with Gasteiger partial charge in [-0.25, -0.2) is 0 Å². The van der Waals surface area contributed by atoms with E-state index in [0.29, 0.717) is 0 Å². The van der Waals surface area contributed by atoms with Crippen molar-refractivity contribution in [2.24, 2.45) is 0 Å². The van der Waals surface area contributed by atoms with Gasteiger partial charge in [0.1, 0.15) is 0 Å². The summed E-state index contributed by atoms with van der Waals surface area (Å²) < 4.78 is 2.16. The largest absolute Gasteiger partial charge is 0.392 e. The summed E-state index contributed by atoms with van der Waals surface area (Å²) >= 11 is 0. The Morgan fingerprint density at radius 2 is 2.00 bits per heavy atom. The Balaban J connectivity index is 2.21. The van der Waals surface area contributed by atoms with Crippen molar-refractivity contribution in [3.8, 4) is 5.69 Å². The lowest BCUT2D eigenvalue weighted by atomic mass is 10.2. The highest BCUT2D eigenvalue weighted by atomic mass is 16.3. The number of rotatable bonds is 2. The fourth-order valence-corrected chi connectivity index (χ4v) is 2.59. The lowest BCUT2D eigenvalue weighted by Gasteiger charge is -2.10. The highest BCUT2D eigenvalue weighted by Crippen LogP contribution is 2.23. The molecule has 0 saturated carbocycles. The van der Waals surface area contributed by atoms with E-state index in [0.717, 1.165) is 33.5 Å². The van der Waals surface area contributed by atoms with Crippen molar-refractivity contribution in [2.75, 3.05) is 0 Å².